The zero-order chi connectivity index (χ0) is 31.0. The van der Waals surface area contributed by atoms with Crippen LogP contribution < -0.4 is 9.62 Å². The lowest BCUT2D eigenvalue weighted by molar-refractivity contribution is -0.140. The largest absolute Gasteiger partial charge is 0.354 e. The van der Waals surface area contributed by atoms with Crippen molar-refractivity contribution < 1.29 is 18.0 Å². The van der Waals surface area contributed by atoms with Crippen LogP contribution in [0.15, 0.2) is 65.6 Å². The highest BCUT2D eigenvalue weighted by Gasteiger charge is 2.34. The van der Waals surface area contributed by atoms with E-state index in [1.807, 2.05) is 13.8 Å². The van der Waals surface area contributed by atoms with Crippen molar-refractivity contribution in [2.75, 3.05) is 17.4 Å². The fourth-order valence-electron chi connectivity index (χ4n) is 4.30. The summed E-state index contributed by atoms with van der Waals surface area (Å²) in [4.78, 5) is 28.8. The van der Waals surface area contributed by atoms with Gasteiger partial charge < -0.3 is 10.2 Å². The van der Waals surface area contributed by atoms with Crippen molar-refractivity contribution in [2.45, 2.75) is 57.5 Å². The van der Waals surface area contributed by atoms with E-state index in [4.69, 9.17) is 46.4 Å². The minimum atomic E-state index is -4.29. The molecule has 3 aromatic rings. The smallest absolute Gasteiger partial charge is 0.264 e. The van der Waals surface area contributed by atoms with Crippen LogP contribution in [0.3, 0.4) is 0 Å². The highest BCUT2D eigenvalue weighted by Crippen LogP contribution is 2.36. The zero-order valence-corrected chi connectivity index (χ0v) is 27.4. The Morgan fingerprint density at radius 2 is 1.60 bits per heavy atom. The highest BCUT2D eigenvalue weighted by molar-refractivity contribution is 7.92. The highest BCUT2D eigenvalue weighted by atomic mass is 35.5. The van der Waals surface area contributed by atoms with Crippen LogP contribution in [-0.4, -0.2) is 44.3 Å². The van der Waals surface area contributed by atoms with Crippen molar-refractivity contribution in [1.82, 2.24) is 10.2 Å². The van der Waals surface area contributed by atoms with Crippen molar-refractivity contribution in [2.24, 2.45) is 0 Å². The monoisotopic (exact) mass is 671 g/mol. The standard InChI is InChI=1S/C30H33Cl4N3O4S/c1-4-6-16-35-30(39)26(5-2)36(18-21-12-15-23(31)25(33)17-21)28(38)19-37(27-9-7-8-24(32)29(27)34)42(40,41)22-13-10-20(3)11-14-22/h7-15,17,26H,4-6,16,18-19H2,1-3H3,(H,35,39). The second-order valence-corrected chi connectivity index (χ2v) is 13.2. The minimum Gasteiger partial charge on any atom is -0.354 e. The van der Waals surface area contributed by atoms with Gasteiger partial charge in [-0.05, 0) is 61.7 Å². The van der Waals surface area contributed by atoms with Gasteiger partial charge in [0.1, 0.15) is 12.6 Å². The SMILES string of the molecule is CCCCNC(=O)C(CC)N(Cc1ccc(Cl)c(Cl)c1)C(=O)CN(c1cccc(Cl)c1Cl)S(=O)(=O)c1ccc(C)cc1. The molecule has 226 valence electrons. The van der Waals surface area contributed by atoms with Gasteiger partial charge in [-0.1, -0.05) is 96.5 Å². The van der Waals surface area contributed by atoms with Crippen LogP contribution >= 0.6 is 46.4 Å². The van der Waals surface area contributed by atoms with Gasteiger partial charge in [0.25, 0.3) is 10.0 Å². The fourth-order valence-corrected chi connectivity index (χ4v) is 6.49. The van der Waals surface area contributed by atoms with Gasteiger partial charge in [0, 0.05) is 13.1 Å². The number of sulfonamides is 1. The molecule has 3 aromatic carbocycles. The first-order valence-electron chi connectivity index (χ1n) is 13.4. The number of anilines is 1. The number of benzene rings is 3. The van der Waals surface area contributed by atoms with Crippen molar-refractivity contribution >= 4 is 73.9 Å². The average Bonchev–Trinajstić information content (AvgIpc) is 2.95. The normalized spacial score (nSPS) is 12.1. The molecule has 0 saturated carbocycles. The van der Waals surface area contributed by atoms with E-state index < -0.39 is 28.5 Å². The van der Waals surface area contributed by atoms with E-state index in [0.717, 1.165) is 22.7 Å². The summed E-state index contributed by atoms with van der Waals surface area (Å²) in [5.74, 6) is -0.960. The Bertz CT molecular complexity index is 1520. The molecule has 2 amide bonds. The maximum atomic E-state index is 14.2. The predicted molar refractivity (Wildman–Crippen MR) is 171 cm³/mol. The molecule has 0 aliphatic heterocycles. The average molecular weight is 673 g/mol. The quantitative estimate of drug-likeness (QED) is 0.190. The first kappa shape index (κ1) is 34.0. The number of nitrogens with one attached hydrogen (secondary N) is 1. The number of amides is 2. The van der Waals surface area contributed by atoms with Crippen LogP contribution in [0, 0.1) is 6.92 Å². The molecular weight excluding hydrogens is 640 g/mol. The summed E-state index contributed by atoms with van der Waals surface area (Å²) < 4.78 is 28.9. The van der Waals surface area contributed by atoms with Gasteiger partial charge in [-0.15, -0.1) is 0 Å². The first-order chi connectivity index (χ1) is 19.9. The molecule has 0 saturated heterocycles. The van der Waals surface area contributed by atoms with Crippen LogP contribution in [-0.2, 0) is 26.2 Å². The third-order valence-electron chi connectivity index (χ3n) is 6.64. The summed E-state index contributed by atoms with van der Waals surface area (Å²) in [7, 11) is -4.29. The maximum Gasteiger partial charge on any atom is 0.264 e. The van der Waals surface area contributed by atoms with Crippen LogP contribution in [0.5, 0.6) is 0 Å². The molecule has 0 aliphatic rings. The molecule has 0 spiro atoms. The topological polar surface area (TPSA) is 86.8 Å². The van der Waals surface area contributed by atoms with Gasteiger partial charge in [0.15, 0.2) is 0 Å². The summed E-state index contributed by atoms with van der Waals surface area (Å²) in [6.07, 6.45) is 1.95. The Labute approximate surface area is 267 Å². The van der Waals surface area contributed by atoms with Crippen molar-refractivity contribution in [1.29, 1.82) is 0 Å². The Balaban J connectivity index is 2.09. The molecule has 0 heterocycles. The number of hydrogen-bond acceptors (Lipinski definition) is 4. The molecule has 7 nitrogen and oxygen atoms in total. The van der Waals surface area contributed by atoms with Crippen LogP contribution in [0.4, 0.5) is 5.69 Å². The third kappa shape index (κ3) is 8.32. The maximum absolute atomic E-state index is 14.2. The van der Waals surface area contributed by atoms with Crippen molar-refractivity contribution in [3.63, 3.8) is 0 Å². The number of carbonyl (C=O) groups excluding carboxylic acids is 2. The van der Waals surface area contributed by atoms with E-state index in [2.05, 4.69) is 5.32 Å². The van der Waals surface area contributed by atoms with E-state index in [-0.39, 0.29) is 44.5 Å². The molecule has 42 heavy (non-hydrogen) atoms. The Morgan fingerprint density at radius 3 is 2.21 bits per heavy atom. The van der Waals surface area contributed by atoms with Gasteiger partial charge in [0.05, 0.1) is 30.7 Å². The molecule has 0 aliphatic carbocycles. The number of nitrogens with zero attached hydrogens (tertiary/aromatic N) is 2. The summed E-state index contributed by atoms with van der Waals surface area (Å²) in [5, 5.41) is 3.62. The second kappa shape index (κ2) is 15.3. The van der Waals surface area contributed by atoms with Gasteiger partial charge in [-0.25, -0.2) is 8.42 Å². The Kier molecular flexibility index (Phi) is 12.4. The third-order valence-corrected chi connectivity index (χ3v) is 9.96. The van der Waals surface area contributed by atoms with Crippen molar-refractivity contribution in [3.05, 3.63) is 91.9 Å². The molecule has 12 heteroatoms. The van der Waals surface area contributed by atoms with Gasteiger partial charge in [0.2, 0.25) is 11.8 Å². The van der Waals surface area contributed by atoms with Crippen molar-refractivity contribution in [3.8, 4) is 0 Å². The van der Waals surface area contributed by atoms with Crippen LogP contribution in [0.25, 0.3) is 0 Å². The number of aryl methyl sites for hydroxylation is 1. The summed E-state index contributed by atoms with van der Waals surface area (Å²) in [6.45, 7) is 5.42. The molecule has 1 N–H and O–H groups in total. The molecule has 3 rings (SSSR count). The van der Waals surface area contributed by atoms with E-state index in [1.165, 1.54) is 29.2 Å². The Hall–Kier alpha value is -2.49. The molecule has 0 bridgehead atoms. The second-order valence-electron chi connectivity index (χ2n) is 9.74. The summed E-state index contributed by atoms with van der Waals surface area (Å²) >= 11 is 25.1. The van der Waals surface area contributed by atoms with E-state index in [0.29, 0.717) is 17.1 Å². The van der Waals surface area contributed by atoms with Gasteiger partial charge in [-0.3, -0.25) is 13.9 Å². The fraction of sp³-hybridized carbons (Fsp3) is 0.333. The summed E-state index contributed by atoms with van der Waals surface area (Å²) in [5.41, 5.74) is 1.52. The lowest BCUT2D eigenvalue weighted by atomic mass is 10.1. The lowest BCUT2D eigenvalue weighted by Crippen LogP contribution is -2.52. The molecule has 0 fully saturated rings. The van der Waals surface area contributed by atoms with E-state index >= 15 is 0 Å². The zero-order valence-electron chi connectivity index (χ0n) is 23.5. The molecule has 1 atom stereocenters. The number of carbonyl (C=O) groups is 2. The minimum absolute atomic E-state index is 0.0167. The van der Waals surface area contributed by atoms with Crippen LogP contribution in [0.1, 0.15) is 44.2 Å². The lowest BCUT2D eigenvalue weighted by Gasteiger charge is -2.33. The number of hydrogen-bond donors (Lipinski definition) is 1. The first-order valence-corrected chi connectivity index (χ1v) is 16.4. The molecule has 0 radical (unpaired) electrons. The molecule has 1 unspecified atom stereocenters. The summed E-state index contributed by atoms with van der Waals surface area (Å²) in [6, 6.07) is 14.8. The Morgan fingerprint density at radius 1 is 0.905 bits per heavy atom. The van der Waals surface area contributed by atoms with E-state index in [1.54, 1.807) is 43.3 Å². The molecule has 0 aromatic heterocycles. The number of halogens is 4. The van der Waals surface area contributed by atoms with E-state index in [9.17, 15) is 18.0 Å². The number of unbranched alkanes of at least 4 members (excludes halogenated alkanes) is 1. The van der Waals surface area contributed by atoms with Gasteiger partial charge >= 0.3 is 0 Å². The van der Waals surface area contributed by atoms with Gasteiger partial charge in [-0.2, -0.15) is 0 Å². The number of rotatable bonds is 13. The molecular formula is C30H33Cl4N3O4S. The predicted octanol–water partition coefficient (Wildman–Crippen LogP) is 7.53. The van der Waals surface area contributed by atoms with Crippen LogP contribution in [0.2, 0.25) is 20.1 Å².